The van der Waals surface area contributed by atoms with Gasteiger partial charge in [0.1, 0.15) is 0 Å². The molecule has 0 bridgehead atoms. The van der Waals surface area contributed by atoms with E-state index < -0.39 is 0 Å². The Balaban J connectivity index is 4.32. The molecule has 0 rings (SSSR count). The Kier molecular flexibility index (Phi) is 5.57. The molecule has 0 aliphatic rings. The van der Waals surface area contributed by atoms with Crippen molar-refractivity contribution >= 4 is 0 Å². The normalized spacial score (nSPS) is 15.0. The van der Waals surface area contributed by atoms with Crippen molar-refractivity contribution in [2.75, 3.05) is 6.61 Å². The summed E-state index contributed by atoms with van der Waals surface area (Å²) in [4.78, 5) is 0. The van der Waals surface area contributed by atoms with Gasteiger partial charge in [-0.2, -0.15) is 0 Å². The van der Waals surface area contributed by atoms with Crippen LogP contribution in [0, 0.1) is 11.3 Å². The standard InChI is InChI=1S/C11H24O2/c1-5-9(6-2)11(3,4)10(13)7-8-12/h9-10,12-13H,5-8H2,1-4H3. The van der Waals surface area contributed by atoms with Gasteiger partial charge < -0.3 is 10.2 Å². The lowest BCUT2D eigenvalue weighted by molar-refractivity contribution is -0.0115. The lowest BCUT2D eigenvalue weighted by Gasteiger charge is -2.37. The smallest absolute Gasteiger partial charge is 0.0615 e. The molecule has 1 unspecified atom stereocenters. The molecular formula is C11H24O2. The fraction of sp³-hybridized carbons (Fsp3) is 1.00. The lowest BCUT2D eigenvalue weighted by atomic mass is 9.71. The van der Waals surface area contributed by atoms with Crippen molar-refractivity contribution in [2.45, 2.75) is 53.1 Å². The first kappa shape index (κ1) is 12.9. The molecule has 0 aromatic carbocycles. The van der Waals surface area contributed by atoms with Crippen LogP contribution in [0.4, 0.5) is 0 Å². The molecule has 2 heteroatoms. The molecular weight excluding hydrogens is 164 g/mol. The van der Waals surface area contributed by atoms with Gasteiger partial charge >= 0.3 is 0 Å². The lowest BCUT2D eigenvalue weighted by Crippen LogP contribution is -2.36. The monoisotopic (exact) mass is 188 g/mol. The van der Waals surface area contributed by atoms with Gasteiger partial charge in [-0.3, -0.25) is 0 Å². The van der Waals surface area contributed by atoms with Crippen LogP contribution < -0.4 is 0 Å². The van der Waals surface area contributed by atoms with Crippen LogP contribution in [0.3, 0.4) is 0 Å². The minimum absolute atomic E-state index is 0.0742. The highest BCUT2D eigenvalue weighted by Crippen LogP contribution is 2.36. The minimum atomic E-state index is -0.387. The zero-order chi connectivity index (χ0) is 10.5. The van der Waals surface area contributed by atoms with Gasteiger partial charge in [-0.05, 0) is 17.8 Å². The summed E-state index contributed by atoms with van der Waals surface area (Å²) in [5, 5.41) is 18.6. The van der Waals surface area contributed by atoms with E-state index in [0.717, 1.165) is 12.8 Å². The van der Waals surface area contributed by atoms with Gasteiger partial charge in [-0.1, -0.05) is 40.5 Å². The van der Waals surface area contributed by atoms with Crippen LogP contribution in [0.25, 0.3) is 0 Å². The van der Waals surface area contributed by atoms with E-state index in [1.807, 2.05) is 0 Å². The Bertz CT molecular complexity index is 128. The second-order valence-electron chi connectivity index (χ2n) is 4.36. The number of hydrogen-bond donors (Lipinski definition) is 2. The fourth-order valence-electron chi connectivity index (χ4n) is 2.11. The Morgan fingerprint density at radius 1 is 1.15 bits per heavy atom. The summed E-state index contributed by atoms with van der Waals surface area (Å²) in [5.41, 5.74) is -0.0772. The highest BCUT2D eigenvalue weighted by molar-refractivity contribution is 4.83. The maximum absolute atomic E-state index is 9.85. The summed E-state index contributed by atoms with van der Waals surface area (Å²) >= 11 is 0. The molecule has 0 aliphatic heterocycles. The Hall–Kier alpha value is -0.0800. The molecule has 0 heterocycles. The zero-order valence-corrected chi connectivity index (χ0v) is 9.38. The number of rotatable bonds is 6. The van der Waals surface area contributed by atoms with Crippen molar-refractivity contribution in [3.8, 4) is 0 Å². The third-order valence-electron chi connectivity index (χ3n) is 3.30. The predicted octanol–water partition coefficient (Wildman–Crippen LogP) is 2.19. The average Bonchev–Trinajstić information content (AvgIpc) is 2.06. The van der Waals surface area contributed by atoms with Gasteiger partial charge in [0.25, 0.3) is 0 Å². The highest BCUT2D eigenvalue weighted by Gasteiger charge is 2.33. The van der Waals surface area contributed by atoms with Crippen LogP contribution in [0.1, 0.15) is 47.0 Å². The van der Waals surface area contributed by atoms with Crippen LogP contribution >= 0.6 is 0 Å². The van der Waals surface area contributed by atoms with Crippen LogP contribution in [-0.2, 0) is 0 Å². The van der Waals surface area contributed by atoms with E-state index in [1.54, 1.807) is 0 Å². The maximum atomic E-state index is 9.85. The first-order valence-corrected chi connectivity index (χ1v) is 5.29. The van der Waals surface area contributed by atoms with Crippen molar-refractivity contribution in [3.05, 3.63) is 0 Å². The topological polar surface area (TPSA) is 40.5 Å². The summed E-state index contributed by atoms with van der Waals surface area (Å²) < 4.78 is 0. The second-order valence-corrected chi connectivity index (χ2v) is 4.36. The number of aliphatic hydroxyl groups excluding tert-OH is 2. The molecule has 2 N–H and O–H groups in total. The molecule has 0 saturated heterocycles. The Labute approximate surface area is 82.0 Å². The molecule has 0 aromatic heterocycles. The molecule has 0 spiro atoms. The number of aliphatic hydroxyl groups is 2. The molecule has 0 saturated carbocycles. The maximum Gasteiger partial charge on any atom is 0.0615 e. The second kappa shape index (κ2) is 5.61. The Morgan fingerprint density at radius 2 is 1.62 bits per heavy atom. The van der Waals surface area contributed by atoms with Crippen LogP contribution in [0.2, 0.25) is 0 Å². The van der Waals surface area contributed by atoms with E-state index in [2.05, 4.69) is 27.7 Å². The zero-order valence-electron chi connectivity index (χ0n) is 9.38. The molecule has 0 radical (unpaired) electrons. The van der Waals surface area contributed by atoms with Crippen LogP contribution in [0.5, 0.6) is 0 Å². The average molecular weight is 188 g/mol. The van der Waals surface area contributed by atoms with Gasteiger partial charge in [0.2, 0.25) is 0 Å². The van der Waals surface area contributed by atoms with Gasteiger partial charge in [0, 0.05) is 6.61 Å². The van der Waals surface area contributed by atoms with E-state index in [-0.39, 0.29) is 18.1 Å². The SMILES string of the molecule is CCC(CC)C(C)(C)C(O)CCO. The molecule has 0 aromatic rings. The van der Waals surface area contributed by atoms with Crippen molar-refractivity contribution < 1.29 is 10.2 Å². The predicted molar refractivity (Wildman–Crippen MR) is 55.6 cm³/mol. The molecule has 0 fully saturated rings. The molecule has 0 amide bonds. The largest absolute Gasteiger partial charge is 0.396 e. The van der Waals surface area contributed by atoms with E-state index >= 15 is 0 Å². The minimum Gasteiger partial charge on any atom is -0.396 e. The van der Waals surface area contributed by atoms with Crippen LogP contribution in [-0.4, -0.2) is 22.9 Å². The quantitative estimate of drug-likeness (QED) is 0.671. The Morgan fingerprint density at radius 3 is 1.92 bits per heavy atom. The first-order valence-electron chi connectivity index (χ1n) is 5.29. The van der Waals surface area contributed by atoms with Crippen molar-refractivity contribution in [2.24, 2.45) is 11.3 Å². The van der Waals surface area contributed by atoms with Crippen molar-refractivity contribution in [3.63, 3.8) is 0 Å². The van der Waals surface area contributed by atoms with E-state index in [4.69, 9.17) is 5.11 Å². The van der Waals surface area contributed by atoms with Crippen LogP contribution in [0.15, 0.2) is 0 Å². The third kappa shape index (κ3) is 3.28. The highest BCUT2D eigenvalue weighted by atomic mass is 16.3. The van der Waals surface area contributed by atoms with E-state index in [0.29, 0.717) is 12.3 Å². The van der Waals surface area contributed by atoms with Gasteiger partial charge in [-0.25, -0.2) is 0 Å². The summed E-state index contributed by atoms with van der Waals surface area (Å²) in [5.74, 6) is 0.536. The molecule has 13 heavy (non-hydrogen) atoms. The first-order chi connectivity index (χ1) is 6.00. The molecule has 1 atom stereocenters. The molecule has 2 nitrogen and oxygen atoms in total. The summed E-state index contributed by atoms with van der Waals surface area (Å²) in [6, 6.07) is 0. The third-order valence-corrected chi connectivity index (χ3v) is 3.30. The van der Waals surface area contributed by atoms with Gasteiger partial charge in [0.15, 0.2) is 0 Å². The fourth-order valence-corrected chi connectivity index (χ4v) is 2.11. The van der Waals surface area contributed by atoms with Crippen molar-refractivity contribution in [1.29, 1.82) is 0 Å². The molecule has 0 aliphatic carbocycles. The van der Waals surface area contributed by atoms with E-state index in [9.17, 15) is 5.11 Å². The van der Waals surface area contributed by atoms with E-state index in [1.165, 1.54) is 0 Å². The summed E-state index contributed by atoms with van der Waals surface area (Å²) in [7, 11) is 0. The summed E-state index contributed by atoms with van der Waals surface area (Å²) in [6.45, 7) is 8.56. The summed E-state index contributed by atoms with van der Waals surface area (Å²) in [6.07, 6.45) is 2.28. The van der Waals surface area contributed by atoms with Gasteiger partial charge in [0.05, 0.1) is 6.10 Å². The van der Waals surface area contributed by atoms with Crippen molar-refractivity contribution in [1.82, 2.24) is 0 Å². The molecule has 80 valence electrons. The number of hydrogen-bond acceptors (Lipinski definition) is 2. The van der Waals surface area contributed by atoms with Gasteiger partial charge in [-0.15, -0.1) is 0 Å².